The highest BCUT2D eigenvalue weighted by Crippen LogP contribution is 2.43. The van der Waals surface area contributed by atoms with Crippen molar-refractivity contribution in [2.24, 2.45) is 0 Å². The van der Waals surface area contributed by atoms with Crippen LogP contribution >= 0.6 is 0 Å². The van der Waals surface area contributed by atoms with Crippen LogP contribution in [0.25, 0.3) is 82.3 Å². The first kappa shape index (κ1) is 22.3. The zero-order chi connectivity index (χ0) is 26.9. The van der Waals surface area contributed by atoms with Crippen molar-refractivity contribution in [3.8, 4) is 28.1 Å². The summed E-state index contributed by atoms with van der Waals surface area (Å²) in [5.74, 6) is 0. The Morgan fingerprint density at radius 2 is 1.17 bits per heavy atom. The quantitative estimate of drug-likeness (QED) is 0.217. The molecule has 190 valence electrons. The molecule has 41 heavy (non-hydrogen) atoms. The van der Waals surface area contributed by atoms with Crippen molar-refractivity contribution in [1.29, 1.82) is 0 Å². The Balaban J connectivity index is 1.32. The minimum Gasteiger partial charge on any atom is -0.294 e. The van der Waals surface area contributed by atoms with Crippen LogP contribution in [0.4, 0.5) is 0 Å². The van der Waals surface area contributed by atoms with Gasteiger partial charge in [-0.25, -0.2) is 4.98 Å². The van der Waals surface area contributed by atoms with Gasteiger partial charge in [-0.2, -0.15) is 0 Å². The van der Waals surface area contributed by atoms with Gasteiger partial charge in [0.2, 0.25) is 0 Å². The Labute approximate surface area is 236 Å². The van der Waals surface area contributed by atoms with Crippen LogP contribution in [0.2, 0.25) is 0 Å². The summed E-state index contributed by atoms with van der Waals surface area (Å²) in [6.45, 7) is 0. The minimum absolute atomic E-state index is 0.975. The SMILES string of the molecule is c1ccc(-n2c3ccc(-c4ccc5ccc6c(-c7ccccn7)ccc7ccc4c5c76)cc3c3cccnc32)cc1. The smallest absolute Gasteiger partial charge is 0.145 e. The molecule has 0 amide bonds. The minimum atomic E-state index is 0.975. The molecule has 0 fully saturated rings. The molecule has 3 heteroatoms. The van der Waals surface area contributed by atoms with E-state index in [1.54, 1.807) is 0 Å². The molecule has 0 N–H and O–H groups in total. The molecule has 6 aromatic carbocycles. The summed E-state index contributed by atoms with van der Waals surface area (Å²) in [6, 6.07) is 45.7. The third-order valence-corrected chi connectivity index (χ3v) is 8.46. The highest BCUT2D eigenvalue weighted by atomic mass is 15.0. The second-order valence-corrected chi connectivity index (χ2v) is 10.6. The number of aromatic nitrogens is 3. The molecule has 9 aromatic rings. The van der Waals surface area contributed by atoms with E-state index in [0.717, 1.165) is 27.9 Å². The predicted molar refractivity (Wildman–Crippen MR) is 171 cm³/mol. The summed E-state index contributed by atoms with van der Waals surface area (Å²) >= 11 is 0. The number of rotatable bonds is 3. The van der Waals surface area contributed by atoms with Crippen molar-refractivity contribution >= 4 is 54.3 Å². The van der Waals surface area contributed by atoms with Crippen LogP contribution in [-0.2, 0) is 0 Å². The predicted octanol–water partition coefficient (Wildman–Crippen LogP) is 9.81. The van der Waals surface area contributed by atoms with E-state index in [4.69, 9.17) is 4.98 Å². The van der Waals surface area contributed by atoms with Crippen LogP contribution in [0.5, 0.6) is 0 Å². The molecule has 0 atom stereocenters. The Morgan fingerprint density at radius 1 is 0.463 bits per heavy atom. The van der Waals surface area contributed by atoms with E-state index in [-0.39, 0.29) is 0 Å². The average molecular weight is 522 g/mol. The van der Waals surface area contributed by atoms with Crippen molar-refractivity contribution in [3.63, 3.8) is 0 Å². The fraction of sp³-hybridized carbons (Fsp3) is 0. The summed E-state index contributed by atoms with van der Waals surface area (Å²) in [4.78, 5) is 9.46. The summed E-state index contributed by atoms with van der Waals surface area (Å²) in [7, 11) is 0. The molecule has 0 saturated carbocycles. The standard InChI is InChI=1S/C38H23N3/c1-2-7-27(8-3-1)41-35-20-15-26(23-33(35)32-9-6-22-40-38(32)41)28-16-11-24-14-19-31-29(34-10-4-5-21-39-34)17-12-25-13-18-30(28)36(24)37(25)31/h1-23H. The van der Waals surface area contributed by atoms with E-state index in [1.165, 1.54) is 54.4 Å². The Bertz CT molecular complexity index is 2400. The number of hydrogen-bond acceptors (Lipinski definition) is 2. The normalized spacial score (nSPS) is 11.9. The Morgan fingerprint density at radius 3 is 1.95 bits per heavy atom. The molecule has 0 aliphatic heterocycles. The van der Waals surface area contributed by atoms with Gasteiger partial charge in [-0.1, -0.05) is 78.9 Å². The number of fused-ring (bicyclic) bond motifs is 3. The van der Waals surface area contributed by atoms with Gasteiger partial charge in [-0.05, 0) is 92.0 Å². The van der Waals surface area contributed by atoms with Gasteiger partial charge in [-0.3, -0.25) is 9.55 Å². The lowest BCUT2D eigenvalue weighted by Crippen LogP contribution is -1.94. The molecular weight excluding hydrogens is 498 g/mol. The highest BCUT2D eigenvalue weighted by Gasteiger charge is 2.17. The average Bonchev–Trinajstić information content (AvgIpc) is 3.38. The third-order valence-electron chi connectivity index (χ3n) is 8.46. The van der Waals surface area contributed by atoms with E-state index >= 15 is 0 Å². The van der Waals surface area contributed by atoms with Gasteiger partial charge in [0, 0.05) is 34.4 Å². The maximum atomic E-state index is 4.79. The summed E-state index contributed by atoms with van der Waals surface area (Å²) in [5.41, 5.74) is 7.86. The first-order chi connectivity index (χ1) is 20.3. The fourth-order valence-corrected chi connectivity index (χ4v) is 6.65. The van der Waals surface area contributed by atoms with Gasteiger partial charge in [0.05, 0.1) is 11.2 Å². The van der Waals surface area contributed by atoms with Crippen LogP contribution in [0.3, 0.4) is 0 Å². The molecule has 9 rings (SSSR count). The van der Waals surface area contributed by atoms with Gasteiger partial charge in [0.1, 0.15) is 5.65 Å². The fourth-order valence-electron chi connectivity index (χ4n) is 6.65. The molecule has 3 aromatic heterocycles. The molecule has 0 radical (unpaired) electrons. The van der Waals surface area contributed by atoms with E-state index < -0.39 is 0 Å². The van der Waals surface area contributed by atoms with E-state index in [9.17, 15) is 0 Å². The zero-order valence-corrected chi connectivity index (χ0v) is 22.1. The van der Waals surface area contributed by atoms with E-state index in [1.807, 2.05) is 24.5 Å². The van der Waals surface area contributed by atoms with Gasteiger partial charge >= 0.3 is 0 Å². The summed E-state index contributed by atoms with van der Waals surface area (Å²) in [6.07, 6.45) is 3.74. The number of benzene rings is 6. The lowest BCUT2D eigenvalue weighted by molar-refractivity contribution is 1.14. The second kappa shape index (κ2) is 8.48. The first-order valence-electron chi connectivity index (χ1n) is 13.9. The molecule has 3 heterocycles. The zero-order valence-electron chi connectivity index (χ0n) is 22.1. The maximum Gasteiger partial charge on any atom is 0.145 e. The van der Waals surface area contributed by atoms with E-state index in [0.29, 0.717) is 0 Å². The van der Waals surface area contributed by atoms with Crippen molar-refractivity contribution in [2.45, 2.75) is 0 Å². The van der Waals surface area contributed by atoms with Crippen LogP contribution in [-0.4, -0.2) is 14.5 Å². The molecule has 0 spiro atoms. The summed E-state index contributed by atoms with van der Waals surface area (Å²) < 4.78 is 2.26. The molecule has 0 saturated heterocycles. The van der Waals surface area contributed by atoms with Gasteiger partial charge in [0.25, 0.3) is 0 Å². The second-order valence-electron chi connectivity index (χ2n) is 10.6. The van der Waals surface area contributed by atoms with E-state index in [2.05, 4.69) is 125 Å². The first-order valence-corrected chi connectivity index (χ1v) is 13.9. The van der Waals surface area contributed by atoms with Crippen molar-refractivity contribution < 1.29 is 0 Å². The topological polar surface area (TPSA) is 30.7 Å². The molecule has 3 nitrogen and oxygen atoms in total. The lowest BCUT2D eigenvalue weighted by Gasteiger charge is -2.16. The number of pyridine rings is 2. The van der Waals surface area contributed by atoms with Gasteiger partial charge in [0.15, 0.2) is 0 Å². The van der Waals surface area contributed by atoms with Crippen LogP contribution < -0.4 is 0 Å². The molecule has 0 aliphatic rings. The number of para-hydroxylation sites is 1. The van der Waals surface area contributed by atoms with Crippen LogP contribution in [0, 0.1) is 0 Å². The molecule has 0 unspecified atom stereocenters. The highest BCUT2D eigenvalue weighted by molar-refractivity contribution is 6.27. The van der Waals surface area contributed by atoms with Gasteiger partial charge < -0.3 is 0 Å². The van der Waals surface area contributed by atoms with Crippen molar-refractivity contribution in [2.75, 3.05) is 0 Å². The van der Waals surface area contributed by atoms with Crippen molar-refractivity contribution in [1.82, 2.24) is 14.5 Å². The van der Waals surface area contributed by atoms with Crippen molar-refractivity contribution in [3.05, 3.63) is 140 Å². The van der Waals surface area contributed by atoms with Crippen LogP contribution in [0.15, 0.2) is 140 Å². The number of hydrogen-bond donors (Lipinski definition) is 0. The Kier molecular flexibility index (Phi) is 4.61. The van der Waals surface area contributed by atoms with Crippen LogP contribution in [0.1, 0.15) is 0 Å². The molecule has 0 bridgehead atoms. The Hall–Kier alpha value is -5.54. The lowest BCUT2D eigenvalue weighted by atomic mass is 9.88. The largest absolute Gasteiger partial charge is 0.294 e. The molecule has 0 aliphatic carbocycles. The van der Waals surface area contributed by atoms with Gasteiger partial charge in [-0.15, -0.1) is 0 Å². The summed E-state index contributed by atoms with van der Waals surface area (Å²) in [5, 5.41) is 9.99. The molecular formula is C38H23N3. The maximum absolute atomic E-state index is 4.79. The number of nitrogens with zero attached hydrogens (tertiary/aromatic N) is 3. The third kappa shape index (κ3) is 3.20. The monoisotopic (exact) mass is 521 g/mol.